The van der Waals surface area contributed by atoms with Crippen LogP contribution in [-0.4, -0.2) is 61.3 Å². The van der Waals surface area contributed by atoms with Gasteiger partial charge in [-0.05, 0) is 37.6 Å². The van der Waals surface area contributed by atoms with Gasteiger partial charge in [0.2, 0.25) is 0 Å². The third-order valence-corrected chi connectivity index (χ3v) is 4.05. The van der Waals surface area contributed by atoms with Crippen molar-refractivity contribution in [3.05, 3.63) is 29.8 Å². The molecule has 1 saturated heterocycles. The predicted molar refractivity (Wildman–Crippen MR) is 85.7 cm³/mol. The van der Waals surface area contributed by atoms with Gasteiger partial charge in [-0.2, -0.15) is 0 Å². The Morgan fingerprint density at radius 3 is 2.43 bits per heavy atom. The molecule has 0 saturated carbocycles. The predicted octanol–water partition coefficient (Wildman–Crippen LogP) is 2.15. The zero-order valence-corrected chi connectivity index (χ0v) is 13.3. The second-order valence-electron chi connectivity index (χ2n) is 5.87. The second-order valence-corrected chi connectivity index (χ2v) is 5.87. The molecule has 21 heavy (non-hydrogen) atoms. The Balaban J connectivity index is 1.76. The molecule has 1 aromatic rings. The number of piperazine rings is 1. The van der Waals surface area contributed by atoms with Crippen molar-refractivity contribution in [2.45, 2.75) is 25.9 Å². The Morgan fingerprint density at radius 2 is 1.81 bits per heavy atom. The standard InChI is InChI=1S/C17H28N2O2/c1-3-14-21-16-6-4-15(5-7-16)17(20)8-9-19-12-10-18(2)11-13-19/h4-7,17,20H,3,8-14H2,1-2H3. The molecule has 0 aromatic heterocycles. The molecule has 1 fully saturated rings. The molecule has 1 aromatic carbocycles. The summed E-state index contributed by atoms with van der Waals surface area (Å²) in [7, 11) is 2.16. The van der Waals surface area contributed by atoms with Gasteiger partial charge in [0.15, 0.2) is 0 Å². The maximum atomic E-state index is 10.3. The quantitative estimate of drug-likeness (QED) is 0.835. The van der Waals surface area contributed by atoms with Gasteiger partial charge < -0.3 is 19.6 Å². The Morgan fingerprint density at radius 1 is 1.14 bits per heavy atom. The normalized spacial score (nSPS) is 18.6. The van der Waals surface area contributed by atoms with E-state index in [9.17, 15) is 5.11 Å². The lowest BCUT2D eigenvalue weighted by Gasteiger charge is -2.32. The van der Waals surface area contributed by atoms with Crippen LogP contribution in [0.25, 0.3) is 0 Å². The van der Waals surface area contributed by atoms with Gasteiger partial charge in [0.1, 0.15) is 5.75 Å². The van der Waals surface area contributed by atoms with Crippen molar-refractivity contribution in [1.29, 1.82) is 0 Å². The molecule has 0 amide bonds. The smallest absolute Gasteiger partial charge is 0.119 e. The van der Waals surface area contributed by atoms with Crippen molar-refractivity contribution in [2.75, 3.05) is 46.4 Å². The van der Waals surface area contributed by atoms with Gasteiger partial charge in [0, 0.05) is 32.7 Å². The van der Waals surface area contributed by atoms with Crippen LogP contribution in [0.4, 0.5) is 0 Å². The van der Waals surface area contributed by atoms with Gasteiger partial charge in [0.05, 0.1) is 12.7 Å². The summed E-state index contributed by atoms with van der Waals surface area (Å²) < 4.78 is 5.56. The molecule has 1 aliphatic heterocycles. The second kappa shape index (κ2) is 8.37. The molecule has 1 unspecified atom stereocenters. The third kappa shape index (κ3) is 5.30. The Labute approximate surface area is 128 Å². The summed E-state index contributed by atoms with van der Waals surface area (Å²) in [5.74, 6) is 0.881. The molecule has 1 N–H and O–H groups in total. The van der Waals surface area contributed by atoms with Crippen LogP contribution in [0, 0.1) is 0 Å². The largest absolute Gasteiger partial charge is 0.494 e. The van der Waals surface area contributed by atoms with Crippen LogP contribution in [0.1, 0.15) is 31.4 Å². The van der Waals surface area contributed by atoms with Gasteiger partial charge in [-0.15, -0.1) is 0 Å². The number of aliphatic hydroxyl groups is 1. The first kappa shape index (κ1) is 16.3. The summed E-state index contributed by atoms with van der Waals surface area (Å²) in [4.78, 5) is 4.78. The van der Waals surface area contributed by atoms with Crippen LogP contribution in [0.3, 0.4) is 0 Å². The molecule has 1 heterocycles. The molecule has 4 nitrogen and oxygen atoms in total. The molecule has 118 valence electrons. The molecule has 0 aliphatic carbocycles. The Bertz CT molecular complexity index is 400. The fourth-order valence-electron chi connectivity index (χ4n) is 2.55. The average Bonchev–Trinajstić information content (AvgIpc) is 2.52. The van der Waals surface area contributed by atoms with E-state index in [0.717, 1.165) is 63.5 Å². The molecule has 1 aliphatic rings. The van der Waals surface area contributed by atoms with E-state index in [4.69, 9.17) is 4.74 Å². The summed E-state index contributed by atoms with van der Waals surface area (Å²) in [5.41, 5.74) is 0.980. The highest BCUT2D eigenvalue weighted by atomic mass is 16.5. The minimum Gasteiger partial charge on any atom is -0.494 e. The van der Waals surface area contributed by atoms with Crippen molar-refractivity contribution >= 4 is 0 Å². The number of benzene rings is 1. The third-order valence-electron chi connectivity index (χ3n) is 4.05. The topological polar surface area (TPSA) is 35.9 Å². The van der Waals surface area contributed by atoms with Crippen molar-refractivity contribution < 1.29 is 9.84 Å². The Kier molecular flexibility index (Phi) is 6.49. The van der Waals surface area contributed by atoms with Crippen molar-refractivity contribution in [1.82, 2.24) is 9.80 Å². The minimum absolute atomic E-state index is 0.384. The Hall–Kier alpha value is -1.10. The number of likely N-dealkylation sites (N-methyl/N-ethyl adjacent to an activating group) is 1. The summed E-state index contributed by atoms with van der Waals surface area (Å²) in [6, 6.07) is 7.84. The fraction of sp³-hybridized carbons (Fsp3) is 0.647. The number of ether oxygens (including phenoxy) is 1. The highest BCUT2D eigenvalue weighted by Crippen LogP contribution is 2.21. The fourth-order valence-corrected chi connectivity index (χ4v) is 2.55. The monoisotopic (exact) mass is 292 g/mol. The van der Waals surface area contributed by atoms with Gasteiger partial charge in [-0.3, -0.25) is 0 Å². The summed E-state index contributed by atoms with van der Waals surface area (Å²) in [6.45, 7) is 8.25. The molecular weight excluding hydrogens is 264 g/mol. The summed E-state index contributed by atoms with van der Waals surface area (Å²) in [5, 5.41) is 10.3. The SMILES string of the molecule is CCCOc1ccc(C(O)CCN2CCN(C)CC2)cc1. The van der Waals surface area contributed by atoms with Crippen LogP contribution in [0.2, 0.25) is 0 Å². The molecule has 4 heteroatoms. The first-order valence-electron chi connectivity index (χ1n) is 8.00. The van der Waals surface area contributed by atoms with Crippen LogP contribution in [-0.2, 0) is 0 Å². The van der Waals surface area contributed by atoms with Crippen LogP contribution in [0.5, 0.6) is 5.75 Å². The van der Waals surface area contributed by atoms with Gasteiger partial charge in [0.25, 0.3) is 0 Å². The lowest BCUT2D eigenvalue weighted by Crippen LogP contribution is -2.44. The summed E-state index contributed by atoms with van der Waals surface area (Å²) in [6.07, 6.45) is 1.42. The van der Waals surface area contributed by atoms with Crippen molar-refractivity contribution in [2.24, 2.45) is 0 Å². The molecule has 2 rings (SSSR count). The van der Waals surface area contributed by atoms with E-state index in [2.05, 4.69) is 23.8 Å². The zero-order chi connectivity index (χ0) is 15.1. The number of nitrogens with zero attached hydrogens (tertiary/aromatic N) is 2. The number of aliphatic hydroxyl groups excluding tert-OH is 1. The van der Waals surface area contributed by atoms with E-state index in [1.807, 2.05) is 24.3 Å². The van der Waals surface area contributed by atoms with Crippen LogP contribution in [0.15, 0.2) is 24.3 Å². The van der Waals surface area contributed by atoms with Crippen LogP contribution < -0.4 is 4.74 Å². The average molecular weight is 292 g/mol. The summed E-state index contributed by atoms with van der Waals surface area (Å²) >= 11 is 0. The van der Waals surface area contributed by atoms with Gasteiger partial charge >= 0.3 is 0 Å². The van der Waals surface area contributed by atoms with Crippen molar-refractivity contribution in [3.8, 4) is 5.75 Å². The molecular formula is C17H28N2O2. The van der Waals surface area contributed by atoms with E-state index in [-0.39, 0.29) is 6.10 Å². The highest BCUT2D eigenvalue weighted by molar-refractivity contribution is 5.28. The molecule has 0 spiro atoms. The maximum absolute atomic E-state index is 10.3. The minimum atomic E-state index is -0.384. The van der Waals surface area contributed by atoms with E-state index in [0.29, 0.717) is 0 Å². The highest BCUT2D eigenvalue weighted by Gasteiger charge is 2.15. The molecule has 0 bridgehead atoms. The van der Waals surface area contributed by atoms with Crippen LogP contribution >= 0.6 is 0 Å². The lowest BCUT2D eigenvalue weighted by atomic mass is 10.1. The first-order chi connectivity index (χ1) is 10.2. The number of hydrogen-bond acceptors (Lipinski definition) is 4. The van der Waals surface area contributed by atoms with Crippen molar-refractivity contribution in [3.63, 3.8) is 0 Å². The van der Waals surface area contributed by atoms with E-state index in [1.165, 1.54) is 0 Å². The lowest BCUT2D eigenvalue weighted by molar-refractivity contribution is 0.113. The van der Waals surface area contributed by atoms with E-state index < -0.39 is 0 Å². The number of hydrogen-bond donors (Lipinski definition) is 1. The van der Waals surface area contributed by atoms with Gasteiger partial charge in [-0.25, -0.2) is 0 Å². The maximum Gasteiger partial charge on any atom is 0.119 e. The zero-order valence-electron chi connectivity index (χ0n) is 13.3. The van der Waals surface area contributed by atoms with E-state index in [1.54, 1.807) is 0 Å². The first-order valence-corrected chi connectivity index (χ1v) is 8.00. The van der Waals surface area contributed by atoms with E-state index >= 15 is 0 Å². The number of rotatable bonds is 7. The molecule has 0 radical (unpaired) electrons. The molecule has 1 atom stereocenters. The van der Waals surface area contributed by atoms with Gasteiger partial charge in [-0.1, -0.05) is 19.1 Å².